The molecular formula is C30H26Cl2N2O2. The van der Waals surface area contributed by atoms with Gasteiger partial charge in [-0.15, -0.1) is 0 Å². The first-order valence-electron chi connectivity index (χ1n) is 11.9. The van der Waals surface area contributed by atoms with Gasteiger partial charge in [0.15, 0.2) is 0 Å². The molecule has 1 heterocycles. The molecule has 0 spiro atoms. The molecule has 0 unspecified atom stereocenters. The lowest BCUT2D eigenvalue weighted by Crippen LogP contribution is -2.50. The van der Waals surface area contributed by atoms with Gasteiger partial charge in [-0.2, -0.15) is 0 Å². The predicted octanol–water partition coefficient (Wildman–Crippen LogP) is 7.80. The van der Waals surface area contributed by atoms with Crippen molar-refractivity contribution in [3.8, 4) is 11.5 Å². The quantitative estimate of drug-likeness (QED) is 0.271. The summed E-state index contributed by atoms with van der Waals surface area (Å²) in [7, 11) is 0. The largest absolute Gasteiger partial charge is 0.457 e. The van der Waals surface area contributed by atoms with E-state index in [4.69, 9.17) is 27.9 Å². The molecular weight excluding hydrogens is 491 g/mol. The van der Waals surface area contributed by atoms with Crippen molar-refractivity contribution in [2.45, 2.75) is 13.0 Å². The molecule has 1 amide bonds. The van der Waals surface area contributed by atoms with Crippen LogP contribution in [0.1, 0.15) is 27.5 Å². The van der Waals surface area contributed by atoms with Crippen molar-refractivity contribution in [2.24, 2.45) is 0 Å². The third kappa shape index (κ3) is 5.35. The fourth-order valence-corrected chi connectivity index (χ4v) is 5.01. The number of benzene rings is 4. The number of hydrogen-bond acceptors (Lipinski definition) is 3. The number of nitrogens with zero attached hydrogens (tertiary/aromatic N) is 2. The molecule has 4 aromatic carbocycles. The highest BCUT2D eigenvalue weighted by molar-refractivity contribution is 6.33. The van der Waals surface area contributed by atoms with Crippen LogP contribution in [0.4, 0.5) is 5.69 Å². The standard InChI is InChI=1S/C30H26Cl2N2O2/c1-21-7-16-28(27(32)19-21)34-18-17-33(20-29(34)22-8-12-24(31)13-9-22)30(35)23-10-14-26(15-11-23)36-25-5-3-2-4-6-25/h2-16,19,29H,17-18,20H2,1H3/t29-/m1/s1. The number of aryl methyl sites for hydroxylation is 1. The molecule has 0 bridgehead atoms. The van der Waals surface area contributed by atoms with Crippen LogP contribution in [0.3, 0.4) is 0 Å². The lowest BCUT2D eigenvalue weighted by molar-refractivity contribution is 0.0722. The third-order valence-electron chi connectivity index (χ3n) is 6.42. The molecule has 1 fully saturated rings. The average Bonchev–Trinajstić information content (AvgIpc) is 2.90. The summed E-state index contributed by atoms with van der Waals surface area (Å²) in [6.45, 7) is 3.82. The van der Waals surface area contributed by atoms with Crippen molar-refractivity contribution < 1.29 is 9.53 Å². The number of carbonyl (C=O) groups is 1. The Morgan fingerprint density at radius 3 is 2.22 bits per heavy atom. The SMILES string of the molecule is Cc1ccc(N2CCN(C(=O)c3ccc(Oc4ccccc4)cc3)C[C@@H]2c2ccc(Cl)cc2)c(Cl)c1. The van der Waals surface area contributed by atoms with Gasteiger partial charge in [0.05, 0.1) is 16.8 Å². The molecule has 0 aromatic heterocycles. The summed E-state index contributed by atoms with van der Waals surface area (Å²) < 4.78 is 5.87. The Bertz CT molecular complexity index is 1340. The van der Waals surface area contributed by atoms with Crippen molar-refractivity contribution in [1.82, 2.24) is 4.90 Å². The van der Waals surface area contributed by atoms with Crippen LogP contribution in [0.15, 0.2) is 97.1 Å². The third-order valence-corrected chi connectivity index (χ3v) is 6.97. The molecule has 182 valence electrons. The van der Waals surface area contributed by atoms with Crippen molar-refractivity contribution >= 4 is 34.8 Å². The Balaban J connectivity index is 1.37. The number of halogens is 2. The summed E-state index contributed by atoms with van der Waals surface area (Å²) >= 11 is 12.8. The monoisotopic (exact) mass is 516 g/mol. The van der Waals surface area contributed by atoms with Crippen LogP contribution in [0.5, 0.6) is 11.5 Å². The Morgan fingerprint density at radius 2 is 1.53 bits per heavy atom. The van der Waals surface area contributed by atoms with E-state index in [1.807, 2.05) is 96.8 Å². The first-order valence-corrected chi connectivity index (χ1v) is 12.6. The molecule has 0 aliphatic carbocycles. The first-order chi connectivity index (χ1) is 17.5. The number of piperazine rings is 1. The maximum absolute atomic E-state index is 13.5. The number of amides is 1. The topological polar surface area (TPSA) is 32.8 Å². The lowest BCUT2D eigenvalue weighted by Gasteiger charge is -2.43. The van der Waals surface area contributed by atoms with E-state index in [0.29, 0.717) is 41.0 Å². The van der Waals surface area contributed by atoms with E-state index in [1.54, 1.807) is 0 Å². The number of rotatable bonds is 5. The predicted molar refractivity (Wildman–Crippen MR) is 147 cm³/mol. The van der Waals surface area contributed by atoms with Gasteiger partial charge in [-0.25, -0.2) is 0 Å². The molecule has 0 saturated carbocycles. The second-order valence-corrected chi connectivity index (χ2v) is 9.75. The molecule has 1 saturated heterocycles. The molecule has 1 atom stereocenters. The second-order valence-electron chi connectivity index (χ2n) is 8.91. The molecule has 0 radical (unpaired) electrons. The van der Waals surface area contributed by atoms with E-state index < -0.39 is 0 Å². The number of ether oxygens (including phenoxy) is 1. The van der Waals surface area contributed by atoms with Gasteiger partial charge in [-0.05, 0) is 78.7 Å². The van der Waals surface area contributed by atoms with E-state index in [-0.39, 0.29) is 11.9 Å². The molecule has 0 N–H and O–H groups in total. The zero-order valence-electron chi connectivity index (χ0n) is 19.9. The van der Waals surface area contributed by atoms with Gasteiger partial charge in [0.1, 0.15) is 11.5 Å². The maximum Gasteiger partial charge on any atom is 0.253 e. The number of carbonyl (C=O) groups excluding carboxylic acids is 1. The van der Waals surface area contributed by atoms with Gasteiger partial charge in [0, 0.05) is 30.2 Å². The maximum atomic E-state index is 13.5. The van der Waals surface area contributed by atoms with E-state index in [2.05, 4.69) is 17.0 Å². The normalized spacial score (nSPS) is 15.6. The number of anilines is 1. The first kappa shape index (κ1) is 24.2. The highest BCUT2D eigenvalue weighted by Crippen LogP contribution is 2.36. The van der Waals surface area contributed by atoms with E-state index in [0.717, 1.165) is 22.6 Å². The summed E-state index contributed by atoms with van der Waals surface area (Å²) in [5.41, 5.74) is 3.80. The van der Waals surface area contributed by atoms with Gasteiger partial charge < -0.3 is 14.5 Å². The molecule has 1 aliphatic rings. The van der Waals surface area contributed by atoms with Crippen LogP contribution >= 0.6 is 23.2 Å². The summed E-state index contributed by atoms with van der Waals surface area (Å²) in [5, 5.41) is 1.39. The molecule has 5 rings (SSSR count). The molecule has 1 aliphatic heterocycles. The van der Waals surface area contributed by atoms with E-state index in [9.17, 15) is 4.79 Å². The van der Waals surface area contributed by atoms with Crippen LogP contribution in [0, 0.1) is 6.92 Å². The lowest BCUT2D eigenvalue weighted by atomic mass is 10.00. The summed E-state index contributed by atoms with van der Waals surface area (Å²) in [6.07, 6.45) is 0. The van der Waals surface area contributed by atoms with Crippen LogP contribution < -0.4 is 9.64 Å². The van der Waals surface area contributed by atoms with Crippen LogP contribution in [0.25, 0.3) is 0 Å². The Labute approximate surface area is 221 Å². The van der Waals surface area contributed by atoms with Crippen molar-refractivity contribution in [3.05, 3.63) is 124 Å². The molecule has 4 aromatic rings. The molecule has 4 nitrogen and oxygen atoms in total. The minimum atomic E-state index is -0.0548. The average molecular weight is 517 g/mol. The summed E-state index contributed by atoms with van der Waals surface area (Å²) in [5.74, 6) is 1.44. The zero-order valence-corrected chi connectivity index (χ0v) is 21.4. The number of hydrogen-bond donors (Lipinski definition) is 0. The minimum absolute atomic E-state index is 0.00474. The van der Waals surface area contributed by atoms with Crippen molar-refractivity contribution in [1.29, 1.82) is 0 Å². The molecule has 6 heteroatoms. The van der Waals surface area contributed by atoms with Crippen molar-refractivity contribution in [3.63, 3.8) is 0 Å². The van der Waals surface area contributed by atoms with Crippen molar-refractivity contribution in [2.75, 3.05) is 24.5 Å². The summed E-state index contributed by atoms with van der Waals surface area (Å²) in [4.78, 5) is 17.7. The Kier molecular flexibility index (Phi) is 7.17. The smallest absolute Gasteiger partial charge is 0.253 e. The fraction of sp³-hybridized carbons (Fsp3) is 0.167. The zero-order chi connectivity index (χ0) is 25.1. The van der Waals surface area contributed by atoms with E-state index in [1.165, 1.54) is 0 Å². The van der Waals surface area contributed by atoms with Crippen LogP contribution in [-0.2, 0) is 0 Å². The van der Waals surface area contributed by atoms with Gasteiger partial charge in [-0.1, -0.05) is 59.6 Å². The Morgan fingerprint density at radius 1 is 0.833 bits per heavy atom. The van der Waals surface area contributed by atoms with E-state index >= 15 is 0 Å². The van der Waals surface area contributed by atoms with Crippen LogP contribution in [-0.4, -0.2) is 30.4 Å². The second kappa shape index (κ2) is 10.7. The fourth-order valence-electron chi connectivity index (χ4n) is 4.54. The highest BCUT2D eigenvalue weighted by Gasteiger charge is 2.32. The van der Waals surface area contributed by atoms with Gasteiger partial charge in [0.25, 0.3) is 5.91 Å². The minimum Gasteiger partial charge on any atom is -0.457 e. The number of para-hydroxylation sites is 1. The van der Waals surface area contributed by atoms with Gasteiger partial charge in [-0.3, -0.25) is 4.79 Å². The van der Waals surface area contributed by atoms with Gasteiger partial charge >= 0.3 is 0 Å². The van der Waals surface area contributed by atoms with Gasteiger partial charge in [0.2, 0.25) is 0 Å². The molecule has 36 heavy (non-hydrogen) atoms. The highest BCUT2D eigenvalue weighted by atomic mass is 35.5. The Hall–Kier alpha value is -3.47. The van der Waals surface area contributed by atoms with Crippen LogP contribution in [0.2, 0.25) is 10.0 Å². The summed E-state index contributed by atoms with van der Waals surface area (Å²) in [6, 6.07) is 30.8.